The average Bonchev–Trinajstić information content (AvgIpc) is 3.16. The summed E-state index contributed by atoms with van der Waals surface area (Å²) in [5, 5.41) is 14.4. The number of nitrogens with two attached hydrogens (primary N) is 1. The van der Waals surface area contributed by atoms with Crippen LogP contribution in [0.15, 0.2) is 72.2 Å². The number of aliphatic hydroxyl groups is 1. The molecule has 34 heavy (non-hydrogen) atoms. The number of aromatic nitrogens is 2. The van der Waals surface area contributed by atoms with Crippen LogP contribution < -0.4 is 11.1 Å². The second-order valence-corrected chi connectivity index (χ2v) is 9.19. The SMILES string of the molecule is CC1=C(c2cccc(Nc3nccc4cc(CN5CCC(O)C5)cnc34)c2C)C=CCC=C1N. The smallest absolute Gasteiger partial charge is 0.156 e. The molecular formula is C28H31N5O. The highest BCUT2D eigenvalue weighted by Gasteiger charge is 2.20. The van der Waals surface area contributed by atoms with Crippen LogP contribution in [-0.2, 0) is 6.54 Å². The van der Waals surface area contributed by atoms with Crippen molar-refractivity contribution < 1.29 is 5.11 Å². The molecule has 0 spiro atoms. The molecule has 5 rings (SSSR count). The van der Waals surface area contributed by atoms with Crippen molar-refractivity contribution >= 4 is 28.0 Å². The normalized spacial score (nSPS) is 18.9. The molecule has 1 saturated heterocycles. The molecular weight excluding hydrogens is 422 g/mol. The maximum absolute atomic E-state index is 9.80. The van der Waals surface area contributed by atoms with Crippen LogP contribution in [0.4, 0.5) is 11.5 Å². The summed E-state index contributed by atoms with van der Waals surface area (Å²) < 4.78 is 0. The van der Waals surface area contributed by atoms with Gasteiger partial charge < -0.3 is 16.2 Å². The molecule has 174 valence electrons. The fourth-order valence-electron chi connectivity index (χ4n) is 4.79. The van der Waals surface area contributed by atoms with E-state index in [9.17, 15) is 5.11 Å². The largest absolute Gasteiger partial charge is 0.399 e. The van der Waals surface area contributed by atoms with Crippen molar-refractivity contribution in [1.82, 2.24) is 14.9 Å². The lowest BCUT2D eigenvalue weighted by Crippen LogP contribution is -2.21. The van der Waals surface area contributed by atoms with Crippen LogP contribution in [0, 0.1) is 6.92 Å². The summed E-state index contributed by atoms with van der Waals surface area (Å²) in [6, 6.07) is 10.4. The number of anilines is 2. The van der Waals surface area contributed by atoms with Crippen molar-refractivity contribution in [3.05, 3.63) is 88.9 Å². The van der Waals surface area contributed by atoms with Gasteiger partial charge in [0.1, 0.15) is 5.52 Å². The van der Waals surface area contributed by atoms with E-state index in [2.05, 4.69) is 71.5 Å². The number of nitrogens with zero attached hydrogens (tertiary/aromatic N) is 3. The van der Waals surface area contributed by atoms with Crippen LogP contribution in [0.5, 0.6) is 0 Å². The first-order valence-corrected chi connectivity index (χ1v) is 11.8. The predicted molar refractivity (Wildman–Crippen MR) is 139 cm³/mol. The molecule has 1 aliphatic carbocycles. The molecule has 2 aromatic heterocycles. The summed E-state index contributed by atoms with van der Waals surface area (Å²) >= 11 is 0. The van der Waals surface area contributed by atoms with Gasteiger partial charge in [0.25, 0.3) is 0 Å². The second kappa shape index (κ2) is 9.41. The second-order valence-electron chi connectivity index (χ2n) is 9.19. The van der Waals surface area contributed by atoms with Gasteiger partial charge in [-0.1, -0.05) is 30.4 Å². The minimum Gasteiger partial charge on any atom is -0.399 e. The van der Waals surface area contributed by atoms with Gasteiger partial charge in [-0.15, -0.1) is 0 Å². The summed E-state index contributed by atoms with van der Waals surface area (Å²) in [6.45, 7) is 6.64. The molecule has 3 heterocycles. The third-order valence-corrected chi connectivity index (χ3v) is 6.78. The molecule has 1 aromatic carbocycles. The number of pyridine rings is 2. The average molecular weight is 454 g/mol. The van der Waals surface area contributed by atoms with Gasteiger partial charge >= 0.3 is 0 Å². The van der Waals surface area contributed by atoms with Crippen molar-refractivity contribution in [3.63, 3.8) is 0 Å². The van der Waals surface area contributed by atoms with E-state index in [1.807, 2.05) is 18.5 Å². The molecule has 1 fully saturated rings. The van der Waals surface area contributed by atoms with Crippen molar-refractivity contribution in [1.29, 1.82) is 0 Å². The van der Waals surface area contributed by atoms with E-state index >= 15 is 0 Å². The van der Waals surface area contributed by atoms with Crippen LogP contribution in [0.3, 0.4) is 0 Å². The van der Waals surface area contributed by atoms with Gasteiger partial charge in [-0.05, 0) is 72.7 Å². The molecule has 2 aliphatic rings. The van der Waals surface area contributed by atoms with Crippen molar-refractivity contribution in [2.75, 3.05) is 18.4 Å². The third kappa shape index (κ3) is 4.47. The number of hydrogen-bond acceptors (Lipinski definition) is 6. The molecule has 3 aromatic rings. The fraction of sp³-hybridized carbons (Fsp3) is 0.286. The van der Waals surface area contributed by atoms with Gasteiger partial charge in [0.05, 0.1) is 6.10 Å². The molecule has 6 heteroatoms. The van der Waals surface area contributed by atoms with Crippen LogP contribution in [0.1, 0.15) is 36.5 Å². The number of likely N-dealkylation sites (tertiary alicyclic amines) is 1. The van der Waals surface area contributed by atoms with Gasteiger partial charge in [0, 0.05) is 48.8 Å². The first-order valence-electron chi connectivity index (χ1n) is 11.8. The Labute approximate surface area is 200 Å². The minimum atomic E-state index is -0.215. The molecule has 1 unspecified atom stereocenters. The molecule has 6 nitrogen and oxygen atoms in total. The molecule has 0 radical (unpaired) electrons. The first kappa shape index (κ1) is 22.3. The lowest BCUT2D eigenvalue weighted by atomic mass is 9.94. The van der Waals surface area contributed by atoms with Crippen molar-refractivity contribution in [2.24, 2.45) is 5.73 Å². The lowest BCUT2D eigenvalue weighted by Gasteiger charge is -2.17. The summed E-state index contributed by atoms with van der Waals surface area (Å²) in [6.07, 6.45) is 11.6. The number of allylic oxidation sites excluding steroid dienone is 5. The van der Waals surface area contributed by atoms with Gasteiger partial charge in [-0.3, -0.25) is 9.88 Å². The zero-order valence-electron chi connectivity index (χ0n) is 19.8. The fourth-order valence-corrected chi connectivity index (χ4v) is 4.79. The molecule has 1 aliphatic heterocycles. The Hall–Kier alpha value is -3.48. The molecule has 0 amide bonds. The Morgan fingerprint density at radius 1 is 1.21 bits per heavy atom. The van der Waals surface area contributed by atoms with Crippen LogP contribution in [0.2, 0.25) is 0 Å². The Balaban J connectivity index is 1.45. The summed E-state index contributed by atoms with van der Waals surface area (Å²) in [5.41, 5.74) is 14.6. The van der Waals surface area contributed by atoms with Gasteiger partial charge in [0.15, 0.2) is 5.82 Å². The quantitative estimate of drug-likeness (QED) is 0.513. The van der Waals surface area contributed by atoms with Gasteiger partial charge in [-0.25, -0.2) is 4.98 Å². The number of β-amino-alcohol motifs (C(OH)–C–C–N with tert-alkyl or cyclic N) is 1. The van der Waals surface area contributed by atoms with E-state index in [1.54, 1.807) is 0 Å². The number of rotatable bonds is 5. The Morgan fingerprint density at radius 3 is 2.91 bits per heavy atom. The third-order valence-electron chi connectivity index (χ3n) is 6.78. The van der Waals surface area contributed by atoms with E-state index < -0.39 is 0 Å². The molecule has 0 saturated carbocycles. The number of aliphatic hydroxyl groups excluding tert-OH is 1. The standard InChI is InChI=1S/C28H31N5O/c1-18-23(6-3-4-8-25(18)29)24-7-5-9-26(19(24)2)32-28-27-21(10-12-30-28)14-20(15-31-27)16-33-13-11-22(34)17-33/h3,5-10,12,14-15,22,34H,4,11,13,16-17,29H2,1-2H3,(H,30,32). The van der Waals surface area contributed by atoms with Crippen molar-refractivity contribution in [2.45, 2.75) is 39.3 Å². The number of nitrogens with one attached hydrogen (secondary N) is 1. The topological polar surface area (TPSA) is 87.3 Å². The Kier molecular flexibility index (Phi) is 6.18. The highest BCUT2D eigenvalue weighted by atomic mass is 16.3. The van der Waals surface area contributed by atoms with E-state index in [1.165, 1.54) is 0 Å². The highest BCUT2D eigenvalue weighted by Crippen LogP contribution is 2.33. The van der Waals surface area contributed by atoms with E-state index in [4.69, 9.17) is 10.7 Å². The highest BCUT2D eigenvalue weighted by molar-refractivity contribution is 5.91. The van der Waals surface area contributed by atoms with E-state index in [0.29, 0.717) is 0 Å². The Morgan fingerprint density at radius 2 is 2.09 bits per heavy atom. The lowest BCUT2D eigenvalue weighted by molar-refractivity contribution is 0.175. The van der Waals surface area contributed by atoms with Crippen LogP contribution >= 0.6 is 0 Å². The number of fused-ring (bicyclic) bond motifs is 1. The Bertz CT molecular complexity index is 1320. The predicted octanol–water partition coefficient (Wildman–Crippen LogP) is 4.82. The van der Waals surface area contributed by atoms with Crippen molar-refractivity contribution in [3.8, 4) is 0 Å². The number of benzene rings is 1. The zero-order valence-corrected chi connectivity index (χ0v) is 19.8. The zero-order chi connectivity index (χ0) is 23.7. The van der Waals surface area contributed by atoms with Gasteiger partial charge in [-0.2, -0.15) is 0 Å². The first-order chi connectivity index (χ1) is 16.5. The maximum Gasteiger partial charge on any atom is 0.156 e. The summed E-state index contributed by atoms with van der Waals surface area (Å²) in [5.74, 6) is 0.738. The minimum absolute atomic E-state index is 0.215. The molecule has 0 bridgehead atoms. The maximum atomic E-state index is 9.80. The summed E-state index contributed by atoms with van der Waals surface area (Å²) in [7, 11) is 0. The van der Waals surface area contributed by atoms with Crippen LogP contribution in [-0.4, -0.2) is 39.2 Å². The number of hydrogen-bond donors (Lipinski definition) is 3. The van der Waals surface area contributed by atoms with Crippen LogP contribution in [0.25, 0.3) is 16.5 Å². The molecule has 1 atom stereocenters. The summed E-state index contributed by atoms with van der Waals surface area (Å²) in [4.78, 5) is 11.6. The van der Waals surface area contributed by atoms with Gasteiger partial charge in [0.2, 0.25) is 0 Å². The van der Waals surface area contributed by atoms with E-state index in [-0.39, 0.29) is 6.10 Å². The molecule has 4 N–H and O–H groups in total. The van der Waals surface area contributed by atoms with E-state index in [0.717, 1.165) is 88.4 Å². The monoisotopic (exact) mass is 453 g/mol.